The maximum atomic E-state index is 4.65. The van der Waals surface area contributed by atoms with Crippen LogP contribution in [0.4, 0.5) is 0 Å². The van der Waals surface area contributed by atoms with Crippen LogP contribution in [0, 0.1) is 0 Å². The minimum absolute atomic E-state index is 0.304. The summed E-state index contributed by atoms with van der Waals surface area (Å²) in [5.41, 5.74) is 2.64. The van der Waals surface area contributed by atoms with Gasteiger partial charge in [-0.05, 0) is 0 Å². The molecule has 2 heteroatoms. The second-order valence-corrected chi connectivity index (χ2v) is 5.93. The fraction of sp³-hybridized carbons (Fsp3) is 0.250. The summed E-state index contributed by atoms with van der Waals surface area (Å²) in [5, 5.41) is 0. The summed E-state index contributed by atoms with van der Waals surface area (Å²) in [6.45, 7) is 4.41. The molecule has 0 atom stereocenters. The van der Waals surface area contributed by atoms with Gasteiger partial charge in [-0.2, -0.15) is 0 Å². The molecule has 0 aliphatic heterocycles. The number of benzene rings is 1. The van der Waals surface area contributed by atoms with Crippen LogP contribution in [0.2, 0.25) is 0 Å². The van der Waals surface area contributed by atoms with Crippen LogP contribution in [0.5, 0.6) is 0 Å². The molecule has 0 aliphatic rings. The van der Waals surface area contributed by atoms with E-state index in [0.29, 0.717) is 5.92 Å². The van der Waals surface area contributed by atoms with Crippen molar-refractivity contribution < 1.29 is 0 Å². The molecule has 0 saturated carbocycles. The Morgan fingerprint density at radius 1 is 1.14 bits per heavy atom. The van der Waals surface area contributed by atoms with Crippen molar-refractivity contribution in [3.05, 3.63) is 42.1 Å². The van der Waals surface area contributed by atoms with E-state index in [1.807, 2.05) is 0 Å². The van der Waals surface area contributed by atoms with Gasteiger partial charge in [0, 0.05) is 0 Å². The van der Waals surface area contributed by atoms with Crippen molar-refractivity contribution in [3.63, 3.8) is 0 Å². The van der Waals surface area contributed by atoms with E-state index in [0.717, 1.165) is 0 Å². The van der Waals surface area contributed by atoms with E-state index in [9.17, 15) is 0 Å². The zero-order valence-electron chi connectivity index (χ0n) is 8.40. The molecule has 1 nitrogen and oxygen atoms in total. The number of hydrogen-bond acceptors (Lipinski definition) is 1. The van der Waals surface area contributed by atoms with Crippen LogP contribution in [-0.4, -0.2) is 23.9 Å². The van der Waals surface area contributed by atoms with Crippen molar-refractivity contribution in [1.29, 1.82) is 0 Å². The Bertz CT molecular complexity index is 403. The third-order valence-corrected chi connectivity index (χ3v) is 4.61. The summed E-state index contributed by atoms with van der Waals surface area (Å²) in [6.07, 6.45) is 0. The molecule has 0 N–H and O–H groups in total. The monoisotopic (exact) mass is 301 g/mol. The van der Waals surface area contributed by atoms with Gasteiger partial charge < -0.3 is 0 Å². The molecule has 1 aromatic heterocycles. The summed E-state index contributed by atoms with van der Waals surface area (Å²) in [4.78, 5) is 0. The van der Waals surface area contributed by atoms with Crippen LogP contribution in [0.25, 0.3) is 9.14 Å². The van der Waals surface area contributed by atoms with Crippen molar-refractivity contribution >= 4 is 20.7 Å². The number of rotatable bonds is 2. The van der Waals surface area contributed by atoms with Crippen molar-refractivity contribution in [2.75, 3.05) is 0 Å². The third-order valence-electron chi connectivity index (χ3n) is 2.18. The summed E-state index contributed by atoms with van der Waals surface area (Å²) in [5.74, 6) is 0.571. The molecule has 2 aromatic rings. The van der Waals surface area contributed by atoms with Crippen LogP contribution in [0.1, 0.15) is 25.5 Å². The molecule has 0 spiro atoms. The van der Waals surface area contributed by atoms with Gasteiger partial charge in [-0.1, -0.05) is 0 Å². The zero-order valence-corrected chi connectivity index (χ0v) is 10.7. The Kier molecular flexibility index (Phi) is 3.05. The molecule has 0 saturated heterocycles. The van der Waals surface area contributed by atoms with Crippen molar-refractivity contribution in [2.24, 2.45) is 0 Å². The number of hydrogen-bond donors (Lipinski definition) is 0. The molecule has 0 bridgehead atoms. The minimum atomic E-state index is -0.304. The average Bonchev–Trinajstić information content (AvgIpc) is 2.68. The molecular weight excluding hydrogens is 286 g/mol. The van der Waals surface area contributed by atoms with Crippen LogP contribution in [0.15, 0.2) is 36.4 Å². The van der Waals surface area contributed by atoms with Crippen LogP contribution in [-0.2, 0) is 0 Å². The Morgan fingerprint density at radius 2 is 1.86 bits per heavy atom. The first kappa shape index (κ1) is 9.96. The van der Waals surface area contributed by atoms with E-state index >= 15 is 0 Å². The first-order valence-electron chi connectivity index (χ1n) is 4.79. The molecule has 1 heterocycles. The van der Waals surface area contributed by atoms with E-state index in [1.54, 1.807) is 0 Å². The first-order valence-corrected chi connectivity index (χ1v) is 7.00. The van der Waals surface area contributed by atoms with E-state index in [4.69, 9.17) is 0 Å². The Morgan fingerprint density at radius 3 is 2.43 bits per heavy atom. The van der Waals surface area contributed by atoms with Gasteiger partial charge >= 0.3 is 94.9 Å². The molecule has 0 fully saturated rings. The fourth-order valence-electron chi connectivity index (χ4n) is 1.30. The van der Waals surface area contributed by atoms with Gasteiger partial charge in [-0.3, -0.25) is 0 Å². The predicted molar refractivity (Wildman–Crippen MR) is 60.7 cm³/mol. The fourth-order valence-corrected chi connectivity index (χ4v) is 3.82. The summed E-state index contributed by atoms with van der Waals surface area (Å²) >= 11 is -0.304. The van der Waals surface area contributed by atoms with Gasteiger partial charge in [-0.25, -0.2) is 0 Å². The number of nitrogens with zero attached hydrogens (tertiary/aromatic N) is 1. The molecule has 72 valence electrons. The molecular formula is C12H13NTe. The summed E-state index contributed by atoms with van der Waals surface area (Å²) < 4.78 is 6.12. The molecule has 0 unspecified atom stereocenters. The van der Waals surface area contributed by atoms with Crippen molar-refractivity contribution in [1.82, 2.24) is 3.21 Å². The van der Waals surface area contributed by atoms with Crippen LogP contribution < -0.4 is 0 Å². The molecule has 1 aromatic carbocycles. The summed E-state index contributed by atoms with van der Waals surface area (Å²) in [7, 11) is 0. The Balaban J connectivity index is 2.34. The third kappa shape index (κ3) is 2.08. The van der Waals surface area contributed by atoms with Crippen LogP contribution >= 0.6 is 0 Å². The standard InChI is InChI=1S/C12H13NTe/c1-9(2)11-8-12(14-13-11)10-6-4-3-5-7-10/h3-9H,1-2H3. The maximum absolute atomic E-state index is 4.65. The molecule has 14 heavy (non-hydrogen) atoms. The van der Waals surface area contributed by atoms with Crippen molar-refractivity contribution in [3.8, 4) is 9.14 Å². The molecule has 2 rings (SSSR count). The van der Waals surface area contributed by atoms with E-state index in [1.165, 1.54) is 14.8 Å². The second kappa shape index (κ2) is 4.29. The van der Waals surface area contributed by atoms with Gasteiger partial charge in [0.05, 0.1) is 0 Å². The molecule has 0 aliphatic carbocycles. The van der Waals surface area contributed by atoms with Crippen LogP contribution in [0.3, 0.4) is 0 Å². The van der Waals surface area contributed by atoms with E-state index in [-0.39, 0.29) is 20.7 Å². The SMILES string of the molecule is CC(C)c1cc(-c2ccccc2)[te]n1. The topological polar surface area (TPSA) is 12.9 Å². The zero-order chi connectivity index (χ0) is 9.97. The van der Waals surface area contributed by atoms with E-state index in [2.05, 4.69) is 53.5 Å². The molecule has 0 radical (unpaired) electrons. The predicted octanol–water partition coefficient (Wildman–Crippen LogP) is 2.93. The van der Waals surface area contributed by atoms with E-state index < -0.39 is 0 Å². The quantitative estimate of drug-likeness (QED) is 0.777. The Hall–Kier alpha value is -0.580. The Labute approximate surface area is 94.8 Å². The van der Waals surface area contributed by atoms with Gasteiger partial charge in [-0.15, -0.1) is 0 Å². The van der Waals surface area contributed by atoms with Gasteiger partial charge in [0.1, 0.15) is 0 Å². The molecule has 0 amide bonds. The van der Waals surface area contributed by atoms with Gasteiger partial charge in [0.2, 0.25) is 0 Å². The first-order chi connectivity index (χ1) is 6.77. The normalized spacial score (nSPS) is 10.8. The average molecular weight is 299 g/mol. The second-order valence-electron chi connectivity index (χ2n) is 3.64. The van der Waals surface area contributed by atoms with Gasteiger partial charge in [0.15, 0.2) is 0 Å². The van der Waals surface area contributed by atoms with Crippen molar-refractivity contribution in [2.45, 2.75) is 19.8 Å². The summed E-state index contributed by atoms with van der Waals surface area (Å²) in [6, 6.07) is 12.9. The van der Waals surface area contributed by atoms with Gasteiger partial charge in [0.25, 0.3) is 0 Å². The number of aromatic nitrogens is 1.